The van der Waals surface area contributed by atoms with Gasteiger partial charge in [-0.15, -0.1) is 0 Å². The first-order valence-corrected chi connectivity index (χ1v) is 24.8. The van der Waals surface area contributed by atoms with E-state index in [1.54, 1.807) is 0 Å². The molecule has 5 nitrogen and oxygen atoms in total. The van der Waals surface area contributed by atoms with Gasteiger partial charge in [-0.2, -0.15) is 5.26 Å². The molecule has 0 fully saturated rings. The predicted molar refractivity (Wildman–Crippen MR) is 284 cm³/mol. The number of anilines is 2. The van der Waals surface area contributed by atoms with Gasteiger partial charge in [0.05, 0.1) is 34.9 Å². The van der Waals surface area contributed by atoms with E-state index in [4.69, 9.17) is 11.6 Å². The second kappa shape index (κ2) is 16.8. The Morgan fingerprint density at radius 3 is 1.69 bits per heavy atom. The van der Waals surface area contributed by atoms with Gasteiger partial charge in [-0.25, -0.2) is 9.83 Å². The fraction of sp³-hybridized carbons (Fsp3) is 0. The Morgan fingerprint density at radius 1 is 0.515 bits per heavy atom. The van der Waals surface area contributed by atoms with Crippen LogP contribution in [0.4, 0.5) is 17.1 Å². The summed E-state index contributed by atoms with van der Waals surface area (Å²) in [7, 11) is -2.79. The van der Waals surface area contributed by atoms with E-state index < -0.39 is 8.07 Å². The van der Waals surface area contributed by atoms with Crippen LogP contribution in [0, 0.1) is 17.9 Å². The van der Waals surface area contributed by atoms with Crippen molar-refractivity contribution in [2.75, 3.05) is 4.81 Å². The molecule has 0 saturated carbocycles. The number of rotatable bonds is 8. The van der Waals surface area contributed by atoms with Crippen molar-refractivity contribution in [3.8, 4) is 34.3 Å². The van der Waals surface area contributed by atoms with Gasteiger partial charge in [-0.1, -0.05) is 200 Å². The smallest absolute Gasteiger partial charge is 0.328 e. The minimum Gasteiger partial charge on any atom is -0.376 e. The number of pyridine rings is 1. The standard InChI is InChI=1S/C61H40BN5Si/c1-64-46-33-37-59-55(39-46)54-38-43(42-63)30-36-58(54)66(59)61-41-47(67-60-29-17-15-27-53(60)52-26-14-16-28-56(52)62(67)45-18-6-2-7-19-45)40-57(65-61)44-31-34-51(35-32-44)68(48-20-8-3-9-21-48,49-22-10-4-11-23-49)50-24-12-5-13-25-50/h2-41H. The molecule has 68 heavy (non-hydrogen) atoms. The molecule has 0 aliphatic carbocycles. The van der Waals surface area contributed by atoms with Gasteiger partial charge in [0.2, 0.25) is 0 Å². The van der Waals surface area contributed by atoms with Crippen LogP contribution in [0.1, 0.15) is 5.56 Å². The highest BCUT2D eigenvalue weighted by Gasteiger charge is 2.41. The summed E-state index contributed by atoms with van der Waals surface area (Å²) < 4.78 is 2.19. The largest absolute Gasteiger partial charge is 0.376 e. The lowest BCUT2D eigenvalue weighted by Crippen LogP contribution is -2.74. The van der Waals surface area contributed by atoms with E-state index in [0.29, 0.717) is 11.3 Å². The molecule has 12 rings (SSSR count). The second-order valence-electron chi connectivity index (χ2n) is 17.3. The van der Waals surface area contributed by atoms with Gasteiger partial charge in [0, 0.05) is 34.0 Å². The molecule has 0 saturated heterocycles. The van der Waals surface area contributed by atoms with E-state index in [-0.39, 0.29) is 6.85 Å². The lowest BCUT2D eigenvalue weighted by Gasteiger charge is -2.39. The number of fused-ring (bicyclic) bond motifs is 6. The van der Waals surface area contributed by atoms with Crippen molar-refractivity contribution >= 4 is 85.5 Å². The van der Waals surface area contributed by atoms with Crippen molar-refractivity contribution < 1.29 is 0 Å². The normalized spacial score (nSPS) is 12.0. The van der Waals surface area contributed by atoms with Crippen LogP contribution in [0.5, 0.6) is 0 Å². The number of benzene rings is 9. The summed E-state index contributed by atoms with van der Waals surface area (Å²) in [6.07, 6.45) is 0. The molecule has 0 atom stereocenters. The van der Waals surface area contributed by atoms with Gasteiger partial charge in [0.1, 0.15) is 5.82 Å². The third-order valence-electron chi connectivity index (χ3n) is 13.6. The van der Waals surface area contributed by atoms with Gasteiger partial charge in [-0.05, 0) is 79.6 Å². The van der Waals surface area contributed by atoms with Crippen molar-refractivity contribution in [1.82, 2.24) is 9.55 Å². The summed E-state index contributed by atoms with van der Waals surface area (Å²) in [5, 5.41) is 17.1. The van der Waals surface area contributed by atoms with Crippen LogP contribution >= 0.6 is 0 Å². The maximum Gasteiger partial charge on any atom is 0.328 e. The first-order chi connectivity index (χ1) is 33.6. The average molecular weight is 882 g/mol. The van der Waals surface area contributed by atoms with Gasteiger partial charge in [-0.3, -0.25) is 4.57 Å². The summed E-state index contributed by atoms with van der Waals surface area (Å²) in [5.41, 5.74) is 11.6. The first-order valence-electron chi connectivity index (χ1n) is 22.8. The molecular formula is C61H40BN5Si. The summed E-state index contributed by atoms with van der Waals surface area (Å²) in [4.78, 5) is 11.9. The minimum atomic E-state index is -2.79. The Bertz CT molecular complexity index is 3600. The molecule has 2 aromatic heterocycles. The van der Waals surface area contributed by atoms with Crippen LogP contribution in [0.2, 0.25) is 0 Å². The van der Waals surface area contributed by atoms with E-state index in [0.717, 1.165) is 55.8 Å². The number of para-hydroxylation sites is 1. The number of aromatic nitrogens is 2. The van der Waals surface area contributed by atoms with E-state index in [1.807, 2.05) is 36.4 Å². The Hall–Kier alpha value is -9.01. The number of nitrogens with zero attached hydrogens (tertiary/aromatic N) is 5. The van der Waals surface area contributed by atoms with Gasteiger partial charge < -0.3 is 4.81 Å². The average Bonchev–Trinajstić information content (AvgIpc) is 3.74. The van der Waals surface area contributed by atoms with Crippen molar-refractivity contribution in [3.05, 3.63) is 260 Å². The van der Waals surface area contributed by atoms with E-state index in [1.165, 1.54) is 37.2 Å². The maximum absolute atomic E-state index is 10.0. The van der Waals surface area contributed by atoms with Crippen LogP contribution in [-0.2, 0) is 0 Å². The zero-order chi connectivity index (χ0) is 45.6. The summed E-state index contributed by atoms with van der Waals surface area (Å²) in [6.45, 7) is 7.74. The van der Waals surface area contributed by atoms with Gasteiger partial charge in [0.15, 0.2) is 13.8 Å². The van der Waals surface area contributed by atoms with Crippen molar-refractivity contribution in [1.29, 1.82) is 5.26 Å². The fourth-order valence-corrected chi connectivity index (χ4v) is 15.4. The maximum atomic E-state index is 10.0. The molecule has 3 heterocycles. The van der Waals surface area contributed by atoms with Crippen molar-refractivity contribution in [2.45, 2.75) is 0 Å². The quantitative estimate of drug-likeness (QED) is 0.0868. The fourth-order valence-electron chi connectivity index (χ4n) is 10.7. The third-order valence-corrected chi connectivity index (χ3v) is 18.4. The molecule has 9 aromatic carbocycles. The molecule has 11 aromatic rings. The molecule has 1 aliphatic rings. The van der Waals surface area contributed by atoms with Crippen molar-refractivity contribution in [2.24, 2.45) is 0 Å². The molecular weight excluding hydrogens is 842 g/mol. The van der Waals surface area contributed by atoms with Gasteiger partial charge in [0.25, 0.3) is 0 Å². The summed E-state index contributed by atoms with van der Waals surface area (Å²) in [5.74, 6) is 0.728. The summed E-state index contributed by atoms with van der Waals surface area (Å²) >= 11 is 0. The van der Waals surface area contributed by atoms with Crippen molar-refractivity contribution in [3.63, 3.8) is 0 Å². The van der Waals surface area contributed by atoms with Gasteiger partial charge >= 0.3 is 6.85 Å². The highest BCUT2D eigenvalue weighted by molar-refractivity contribution is 7.19. The van der Waals surface area contributed by atoms with Crippen LogP contribution < -0.4 is 36.5 Å². The van der Waals surface area contributed by atoms with E-state index in [9.17, 15) is 5.26 Å². The lowest BCUT2D eigenvalue weighted by molar-refractivity contribution is 1.08. The molecule has 0 N–H and O–H groups in total. The highest BCUT2D eigenvalue weighted by Crippen LogP contribution is 2.42. The molecule has 0 unspecified atom stereocenters. The van der Waals surface area contributed by atoms with Crippen LogP contribution in [0.3, 0.4) is 0 Å². The Morgan fingerprint density at radius 2 is 1.06 bits per heavy atom. The molecule has 0 radical (unpaired) electrons. The first kappa shape index (κ1) is 40.5. The number of nitriles is 1. The lowest BCUT2D eigenvalue weighted by atomic mass is 9.46. The van der Waals surface area contributed by atoms with Crippen LogP contribution in [0.25, 0.3) is 54.9 Å². The Balaban J connectivity index is 1.13. The molecule has 7 heteroatoms. The SMILES string of the molecule is [C-]#[N+]c1ccc2c(c1)c1cc(C#N)ccc1n2-c1cc(N2B(c3ccccc3)c3ccccc3-c3ccccc32)cc(-c2ccc([Si](c3ccccc3)(c3ccccc3)c3ccccc3)cc2)n1. The van der Waals surface area contributed by atoms with Crippen LogP contribution in [0.15, 0.2) is 243 Å². The molecule has 0 spiro atoms. The zero-order valence-electron chi connectivity index (χ0n) is 36.9. The Labute approximate surface area is 397 Å². The molecule has 0 bridgehead atoms. The molecule has 0 amide bonds. The van der Waals surface area contributed by atoms with E-state index in [2.05, 4.69) is 227 Å². The number of hydrogen-bond donors (Lipinski definition) is 0. The van der Waals surface area contributed by atoms with Crippen LogP contribution in [-0.4, -0.2) is 24.5 Å². The third kappa shape index (κ3) is 6.56. The molecule has 1 aliphatic heterocycles. The molecule has 316 valence electrons. The zero-order valence-corrected chi connectivity index (χ0v) is 37.9. The summed E-state index contributed by atoms with van der Waals surface area (Å²) in [6, 6.07) is 88.8. The highest BCUT2D eigenvalue weighted by atomic mass is 28.3. The Kier molecular flexibility index (Phi) is 9.99. The second-order valence-corrected chi connectivity index (χ2v) is 21.1. The minimum absolute atomic E-state index is 0.153. The van der Waals surface area contributed by atoms with E-state index >= 15 is 0 Å². The topological polar surface area (TPSA) is 49.2 Å². The number of hydrogen-bond acceptors (Lipinski definition) is 3. The predicted octanol–water partition coefficient (Wildman–Crippen LogP) is 10.6. The monoisotopic (exact) mass is 881 g/mol.